The van der Waals surface area contributed by atoms with E-state index >= 15 is 0 Å². The van der Waals surface area contributed by atoms with E-state index in [2.05, 4.69) is 13.8 Å². The van der Waals surface area contributed by atoms with Crippen molar-refractivity contribution in [1.82, 2.24) is 0 Å². The standard InChI is InChI=1S/C17H20O3/c1-12(2)13-7-9-14(10-8-13)20-11-17(19)15-5-3-4-6-16(15)18/h3-10,12,17-19H,11H2,1-2H3. The topological polar surface area (TPSA) is 49.7 Å². The maximum absolute atomic E-state index is 10.0. The Hall–Kier alpha value is -2.00. The summed E-state index contributed by atoms with van der Waals surface area (Å²) in [6.07, 6.45) is -0.846. The van der Waals surface area contributed by atoms with E-state index in [1.807, 2.05) is 24.3 Å². The van der Waals surface area contributed by atoms with Crippen molar-refractivity contribution in [1.29, 1.82) is 0 Å². The maximum atomic E-state index is 10.0. The first kappa shape index (κ1) is 14.4. The molecular formula is C17H20O3. The molecule has 3 heteroatoms. The van der Waals surface area contributed by atoms with Crippen LogP contribution in [0.1, 0.15) is 37.0 Å². The van der Waals surface area contributed by atoms with Gasteiger partial charge in [0.15, 0.2) is 0 Å². The molecule has 0 aliphatic heterocycles. The largest absolute Gasteiger partial charge is 0.508 e. The highest BCUT2D eigenvalue weighted by Crippen LogP contribution is 2.25. The summed E-state index contributed by atoms with van der Waals surface area (Å²) >= 11 is 0. The molecule has 2 aromatic rings. The van der Waals surface area contributed by atoms with E-state index in [0.717, 1.165) is 0 Å². The molecule has 0 aliphatic rings. The molecule has 1 unspecified atom stereocenters. The first-order chi connectivity index (χ1) is 9.58. The van der Waals surface area contributed by atoms with Gasteiger partial charge in [0.05, 0.1) is 0 Å². The second-order valence-corrected chi connectivity index (χ2v) is 5.11. The molecule has 0 fully saturated rings. The summed E-state index contributed by atoms with van der Waals surface area (Å²) in [4.78, 5) is 0. The van der Waals surface area contributed by atoms with Gasteiger partial charge in [0.25, 0.3) is 0 Å². The van der Waals surface area contributed by atoms with Crippen LogP contribution in [0.5, 0.6) is 11.5 Å². The van der Waals surface area contributed by atoms with Crippen LogP contribution < -0.4 is 4.74 Å². The number of benzene rings is 2. The third-order valence-electron chi connectivity index (χ3n) is 3.25. The summed E-state index contributed by atoms with van der Waals surface area (Å²) in [7, 11) is 0. The summed E-state index contributed by atoms with van der Waals surface area (Å²) in [5.74, 6) is 1.28. The van der Waals surface area contributed by atoms with Crippen molar-refractivity contribution in [2.24, 2.45) is 0 Å². The van der Waals surface area contributed by atoms with Gasteiger partial charge in [-0.05, 0) is 29.7 Å². The Labute approximate surface area is 119 Å². The van der Waals surface area contributed by atoms with E-state index in [1.165, 1.54) is 5.56 Å². The van der Waals surface area contributed by atoms with Crippen molar-refractivity contribution in [2.75, 3.05) is 6.61 Å². The molecule has 0 spiro atoms. The number of rotatable bonds is 5. The van der Waals surface area contributed by atoms with Crippen molar-refractivity contribution < 1.29 is 14.9 Å². The van der Waals surface area contributed by atoms with Gasteiger partial charge in [-0.15, -0.1) is 0 Å². The van der Waals surface area contributed by atoms with Crippen LogP contribution >= 0.6 is 0 Å². The van der Waals surface area contributed by atoms with Gasteiger partial charge >= 0.3 is 0 Å². The molecule has 0 radical (unpaired) electrons. The van der Waals surface area contributed by atoms with Crippen LogP contribution in [-0.4, -0.2) is 16.8 Å². The molecule has 3 nitrogen and oxygen atoms in total. The van der Waals surface area contributed by atoms with E-state index in [9.17, 15) is 10.2 Å². The van der Waals surface area contributed by atoms with E-state index < -0.39 is 6.10 Å². The lowest BCUT2D eigenvalue weighted by atomic mass is 10.0. The smallest absolute Gasteiger partial charge is 0.121 e. The number of phenols is 1. The van der Waals surface area contributed by atoms with Crippen molar-refractivity contribution in [2.45, 2.75) is 25.9 Å². The average molecular weight is 272 g/mol. The molecule has 0 saturated heterocycles. The third kappa shape index (κ3) is 3.52. The van der Waals surface area contributed by atoms with Gasteiger partial charge in [0.1, 0.15) is 24.2 Å². The number of aliphatic hydroxyl groups excluding tert-OH is 1. The first-order valence-corrected chi connectivity index (χ1v) is 6.76. The maximum Gasteiger partial charge on any atom is 0.121 e. The van der Waals surface area contributed by atoms with Crippen LogP contribution in [-0.2, 0) is 0 Å². The number of hydrogen-bond donors (Lipinski definition) is 2. The lowest BCUT2D eigenvalue weighted by molar-refractivity contribution is 0.106. The summed E-state index contributed by atoms with van der Waals surface area (Å²) in [6, 6.07) is 14.6. The zero-order valence-corrected chi connectivity index (χ0v) is 11.8. The minimum atomic E-state index is -0.846. The summed E-state index contributed by atoms with van der Waals surface area (Å²) in [5.41, 5.74) is 1.73. The molecule has 0 bridgehead atoms. The molecule has 1 atom stereocenters. The molecule has 106 valence electrons. The van der Waals surface area contributed by atoms with E-state index in [-0.39, 0.29) is 12.4 Å². The SMILES string of the molecule is CC(C)c1ccc(OCC(O)c2ccccc2O)cc1. The highest BCUT2D eigenvalue weighted by Gasteiger charge is 2.12. The number of para-hydroxylation sites is 1. The van der Waals surface area contributed by atoms with E-state index in [4.69, 9.17) is 4.74 Å². The molecular weight excluding hydrogens is 252 g/mol. The minimum Gasteiger partial charge on any atom is -0.508 e. The number of aromatic hydroxyl groups is 1. The Balaban J connectivity index is 1.96. The molecule has 0 saturated carbocycles. The Morgan fingerprint density at radius 2 is 1.65 bits per heavy atom. The molecule has 0 aliphatic carbocycles. The Bertz CT molecular complexity index is 546. The van der Waals surface area contributed by atoms with Gasteiger partial charge in [-0.3, -0.25) is 0 Å². The Morgan fingerprint density at radius 1 is 1.00 bits per heavy atom. The first-order valence-electron chi connectivity index (χ1n) is 6.76. The molecule has 20 heavy (non-hydrogen) atoms. The van der Waals surface area contributed by atoms with Gasteiger partial charge < -0.3 is 14.9 Å². The molecule has 0 amide bonds. The quantitative estimate of drug-likeness (QED) is 0.874. The summed E-state index contributed by atoms with van der Waals surface area (Å²) in [5, 5.41) is 19.7. The number of phenolic OH excluding ortho intramolecular Hbond substituents is 1. The van der Waals surface area contributed by atoms with Gasteiger partial charge in [-0.1, -0.05) is 44.2 Å². The minimum absolute atomic E-state index is 0.0822. The second kappa shape index (κ2) is 6.44. The van der Waals surface area contributed by atoms with Crippen LogP contribution in [0.25, 0.3) is 0 Å². The average Bonchev–Trinajstić information content (AvgIpc) is 2.45. The van der Waals surface area contributed by atoms with Crippen LogP contribution in [0.3, 0.4) is 0 Å². The van der Waals surface area contributed by atoms with Gasteiger partial charge in [-0.2, -0.15) is 0 Å². The van der Waals surface area contributed by atoms with Gasteiger partial charge in [0, 0.05) is 5.56 Å². The number of hydrogen-bond acceptors (Lipinski definition) is 3. The van der Waals surface area contributed by atoms with E-state index in [0.29, 0.717) is 17.2 Å². The molecule has 2 aromatic carbocycles. The van der Waals surface area contributed by atoms with Crippen LogP contribution in [0.4, 0.5) is 0 Å². The Morgan fingerprint density at radius 3 is 2.25 bits per heavy atom. The molecule has 2 N–H and O–H groups in total. The van der Waals surface area contributed by atoms with Crippen LogP contribution in [0.15, 0.2) is 48.5 Å². The van der Waals surface area contributed by atoms with Gasteiger partial charge in [-0.25, -0.2) is 0 Å². The monoisotopic (exact) mass is 272 g/mol. The van der Waals surface area contributed by atoms with Crippen molar-refractivity contribution in [3.05, 3.63) is 59.7 Å². The summed E-state index contributed by atoms with van der Waals surface area (Å²) < 4.78 is 5.55. The molecule has 0 heterocycles. The molecule has 2 rings (SSSR count). The van der Waals surface area contributed by atoms with Gasteiger partial charge in [0.2, 0.25) is 0 Å². The van der Waals surface area contributed by atoms with Crippen molar-refractivity contribution in [3.63, 3.8) is 0 Å². The fourth-order valence-corrected chi connectivity index (χ4v) is 1.98. The molecule has 0 aromatic heterocycles. The Kier molecular flexibility index (Phi) is 4.64. The zero-order chi connectivity index (χ0) is 14.5. The van der Waals surface area contributed by atoms with Crippen molar-refractivity contribution >= 4 is 0 Å². The lowest BCUT2D eigenvalue weighted by Gasteiger charge is -2.14. The van der Waals surface area contributed by atoms with Crippen LogP contribution in [0.2, 0.25) is 0 Å². The number of aliphatic hydroxyl groups is 1. The zero-order valence-electron chi connectivity index (χ0n) is 11.8. The summed E-state index contributed by atoms with van der Waals surface area (Å²) in [6.45, 7) is 4.38. The normalized spacial score (nSPS) is 12.4. The lowest BCUT2D eigenvalue weighted by Crippen LogP contribution is -2.09. The van der Waals surface area contributed by atoms with Crippen LogP contribution in [0, 0.1) is 0 Å². The number of ether oxygens (including phenoxy) is 1. The highest BCUT2D eigenvalue weighted by atomic mass is 16.5. The second-order valence-electron chi connectivity index (χ2n) is 5.11. The predicted octanol–water partition coefficient (Wildman–Crippen LogP) is 3.63. The highest BCUT2D eigenvalue weighted by molar-refractivity contribution is 5.34. The van der Waals surface area contributed by atoms with Crippen molar-refractivity contribution in [3.8, 4) is 11.5 Å². The fraction of sp³-hybridized carbons (Fsp3) is 0.294. The predicted molar refractivity (Wildman–Crippen MR) is 79.1 cm³/mol. The van der Waals surface area contributed by atoms with E-state index in [1.54, 1.807) is 24.3 Å². The fourth-order valence-electron chi connectivity index (χ4n) is 1.98. The third-order valence-corrected chi connectivity index (χ3v) is 3.25.